The molecule has 0 bridgehead atoms. The summed E-state index contributed by atoms with van der Waals surface area (Å²) >= 11 is 0. The highest BCUT2D eigenvalue weighted by Gasteiger charge is 2.34. The van der Waals surface area contributed by atoms with Crippen LogP contribution in [0, 0.1) is 11.7 Å². The highest BCUT2D eigenvalue weighted by Crippen LogP contribution is 2.31. The van der Waals surface area contributed by atoms with Crippen molar-refractivity contribution in [1.29, 1.82) is 0 Å². The average Bonchev–Trinajstić information content (AvgIpc) is 2.84. The highest BCUT2D eigenvalue weighted by atomic mass is 19.1. The van der Waals surface area contributed by atoms with E-state index in [0.29, 0.717) is 0 Å². The smallest absolute Gasteiger partial charge is 0.340 e. The van der Waals surface area contributed by atoms with Crippen LogP contribution in [0.25, 0.3) is 10.4 Å². The Hall–Kier alpha value is -2.60. The molecule has 1 saturated heterocycles. The molecule has 0 N–H and O–H groups in total. The predicted octanol–water partition coefficient (Wildman–Crippen LogP) is 2.28. The van der Waals surface area contributed by atoms with Crippen LogP contribution in [0.15, 0.2) is 23.3 Å². The van der Waals surface area contributed by atoms with Gasteiger partial charge >= 0.3 is 5.97 Å². The summed E-state index contributed by atoms with van der Waals surface area (Å²) in [5.74, 6) is -1.90. The average molecular weight is 292 g/mol. The Balaban J connectivity index is 2.35. The molecule has 1 heterocycles. The zero-order valence-electron chi connectivity index (χ0n) is 11.3. The number of methoxy groups -OCH3 is 1. The van der Waals surface area contributed by atoms with E-state index in [1.165, 1.54) is 30.2 Å². The molecule has 1 unspecified atom stereocenters. The number of ether oxygens (including phenoxy) is 1. The number of hydrogen-bond acceptors (Lipinski definition) is 4. The van der Waals surface area contributed by atoms with Crippen molar-refractivity contribution < 1.29 is 18.7 Å². The van der Waals surface area contributed by atoms with Crippen molar-refractivity contribution in [3.63, 3.8) is 0 Å². The zero-order chi connectivity index (χ0) is 15.4. The lowest BCUT2D eigenvalue weighted by atomic mass is 10.1. The molecule has 0 aliphatic carbocycles. The summed E-state index contributed by atoms with van der Waals surface area (Å²) in [4.78, 5) is 27.6. The summed E-state index contributed by atoms with van der Waals surface area (Å²) < 4.78 is 18.7. The van der Waals surface area contributed by atoms with Crippen LogP contribution in [-0.2, 0) is 9.53 Å². The van der Waals surface area contributed by atoms with Gasteiger partial charge in [-0.05, 0) is 23.6 Å². The van der Waals surface area contributed by atoms with Gasteiger partial charge < -0.3 is 9.64 Å². The van der Waals surface area contributed by atoms with Crippen LogP contribution < -0.4 is 4.90 Å². The van der Waals surface area contributed by atoms with Gasteiger partial charge in [0.15, 0.2) is 0 Å². The van der Waals surface area contributed by atoms with E-state index in [0.717, 1.165) is 0 Å². The minimum absolute atomic E-state index is 0.00437. The van der Waals surface area contributed by atoms with Crippen molar-refractivity contribution in [2.75, 3.05) is 25.1 Å². The molecule has 21 heavy (non-hydrogen) atoms. The van der Waals surface area contributed by atoms with Crippen LogP contribution in [0.1, 0.15) is 16.8 Å². The summed E-state index contributed by atoms with van der Waals surface area (Å²) in [6.07, 6.45) is 0.147. The van der Waals surface area contributed by atoms with Gasteiger partial charge in [0.25, 0.3) is 0 Å². The maximum atomic E-state index is 14.1. The maximum Gasteiger partial charge on any atom is 0.340 e. The highest BCUT2D eigenvalue weighted by molar-refractivity contribution is 6.03. The Labute approximate surface area is 119 Å². The third-order valence-corrected chi connectivity index (χ3v) is 3.27. The van der Waals surface area contributed by atoms with Crippen molar-refractivity contribution in [3.05, 3.63) is 40.0 Å². The van der Waals surface area contributed by atoms with Crippen LogP contribution in [0.5, 0.6) is 0 Å². The van der Waals surface area contributed by atoms with Gasteiger partial charge in [-0.15, -0.1) is 0 Å². The monoisotopic (exact) mass is 292 g/mol. The van der Waals surface area contributed by atoms with Crippen molar-refractivity contribution in [1.82, 2.24) is 0 Å². The van der Waals surface area contributed by atoms with Gasteiger partial charge in [-0.25, -0.2) is 9.18 Å². The minimum Gasteiger partial charge on any atom is -0.465 e. The van der Waals surface area contributed by atoms with Crippen molar-refractivity contribution in [2.45, 2.75) is 6.42 Å². The first-order chi connectivity index (χ1) is 10.1. The number of para-hydroxylation sites is 1. The van der Waals surface area contributed by atoms with Gasteiger partial charge in [-0.1, -0.05) is 11.2 Å². The molecule has 8 heteroatoms. The molecule has 2 rings (SSSR count). The third kappa shape index (κ3) is 2.95. The SMILES string of the molecule is COC(=O)c1cccc(F)c1N1CC(CN=[N+]=[N-])CC1=O. The Morgan fingerprint density at radius 1 is 1.62 bits per heavy atom. The lowest BCUT2D eigenvalue weighted by Crippen LogP contribution is -2.28. The molecule has 7 nitrogen and oxygen atoms in total. The standard InChI is InChI=1S/C13H13FN4O3/c1-21-13(20)9-3-2-4-10(14)12(9)18-7-8(5-11(18)19)6-16-17-15/h2-4,8H,5-7H2,1H3. The molecule has 1 atom stereocenters. The second-order valence-electron chi connectivity index (χ2n) is 4.62. The van der Waals surface area contributed by atoms with Crippen LogP contribution in [-0.4, -0.2) is 32.1 Å². The van der Waals surface area contributed by atoms with Crippen LogP contribution in [0.2, 0.25) is 0 Å². The number of benzene rings is 1. The summed E-state index contributed by atoms with van der Waals surface area (Å²) in [6.45, 7) is 0.351. The van der Waals surface area contributed by atoms with E-state index >= 15 is 0 Å². The number of hydrogen-bond donors (Lipinski definition) is 0. The van der Waals surface area contributed by atoms with E-state index in [9.17, 15) is 14.0 Å². The molecule has 110 valence electrons. The van der Waals surface area contributed by atoms with Gasteiger partial charge in [0, 0.05) is 24.4 Å². The Morgan fingerprint density at radius 2 is 2.38 bits per heavy atom. The first-order valence-corrected chi connectivity index (χ1v) is 6.26. The first kappa shape index (κ1) is 14.8. The number of rotatable bonds is 4. The second kappa shape index (κ2) is 6.23. The Bertz CT molecular complexity index is 628. The number of anilines is 1. The lowest BCUT2D eigenvalue weighted by Gasteiger charge is -2.20. The summed E-state index contributed by atoms with van der Waals surface area (Å²) in [7, 11) is 1.19. The fraction of sp³-hybridized carbons (Fsp3) is 0.385. The lowest BCUT2D eigenvalue weighted by molar-refractivity contribution is -0.117. The largest absolute Gasteiger partial charge is 0.465 e. The molecule has 1 fully saturated rings. The Morgan fingerprint density at radius 3 is 3.05 bits per heavy atom. The van der Waals surface area contributed by atoms with Gasteiger partial charge in [0.05, 0.1) is 18.4 Å². The number of azide groups is 1. The zero-order valence-corrected chi connectivity index (χ0v) is 11.3. The van der Waals surface area contributed by atoms with Crippen LogP contribution >= 0.6 is 0 Å². The third-order valence-electron chi connectivity index (χ3n) is 3.27. The molecule has 0 spiro atoms. The molecule has 1 aliphatic heterocycles. The normalized spacial score (nSPS) is 17.5. The van der Waals surface area contributed by atoms with E-state index in [-0.39, 0.29) is 42.6 Å². The number of carbonyl (C=O) groups excluding carboxylic acids is 2. The van der Waals surface area contributed by atoms with Gasteiger partial charge in [0.1, 0.15) is 5.82 Å². The van der Waals surface area contributed by atoms with Crippen molar-refractivity contribution >= 4 is 17.6 Å². The molecular formula is C13H13FN4O3. The summed E-state index contributed by atoms with van der Waals surface area (Å²) in [5, 5.41) is 3.43. The van der Waals surface area contributed by atoms with Crippen LogP contribution in [0.4, 0.5) is 10.1 Å². The molecule has 0 aromatic heterocycles. The predicted molar refractivity (Wildman–Crippen MR) is 72.2 cm³/mol. The van der Waals surface area contributed by atoms with E-state index in [2.05, 4.69) is 14.8 Å². The van der Waals surface area contributed by atoms with Gasteiger partial charge in [-0.2, -0.15) is 0 Å². The van der Waals surface area contributed by atoms with E-state index in [1.807, 2.05) is 0 Å². The maximum absolute atomic E-state index is 14.1. The van der Waals surface area contributed by atoms with Gasteiger partial charge in [0.2, 0.25) is 5.91 Å². The van der Waals surface area contributed by atoms with E-state index in [1.54, 1.807) is 0 Å². The fourth-order valence-electron chi connectivity index (χ4n) is 2.34. The van der Waals surface area contributed by atoms with E-state index in [4.69, 9.17) is 5.53 Å². The fourth-order valence-corrected chi connectivity index (χ4v) is 2.34. The van der Waals surface area contributed by atoms with Crippen molar-refractivity contribution in [2.24, 2.45) is 11.0 Å². The van der Waals surface area contributed by atoms with E-state index < -0.39 is 11.8 Å². The molecule has 0 saturated carbocycles. The topological polar surface area (TPSA) is 95.4 Å². The second-order valence-corrected chi connectivity index (χ2v) is 4.62. The molecule has 0 radical (unpaired) electrons. The molecule has 1 amide bonds. The summed E-state index contributed by atoms with van der Waals surface area (Å²) in [6, 6.07) is 3.96. The molecule has 1 aromatic rings. The number of amides is 1. The number of nitrogens with zero attached hydrogens (tertiary/aromatic N) is 4. The Kier molecular flexibility index (Phi) is 4.39. The summed E-state index contributed by atoms with van der Waals surface area (Å²) in [5.41, 5.74) is 8.22. The molecule has 1 aromatic carbocycles. The van der Waals surface area contributed by atoms with Crippen molar-refractivity contribution in [3.8, 4) is 0 Å². The van der Waals surface area contributed by atoms with Crippen LogP contribution in [0.3, 0.4) is 0 Å². The molecule has 1 aliphatic rings. The van der Waals surface area contributed by atoms with Gasteiger partial charge in [-0.3, -0.25) is 4.79 Å². The first-order valence-electron chi connectivity index (χ1n) is 6.26. The number of esters is 1. The minimum atomic E-state index is -0.712. The molecular weight excluding hydrogens is 279 g/mol. The number of carbonyl (C=O) groups is 2. The quantitative estimate of drug-likeness (QED) is 0.368. The number of halogens is 1.